The maximum atomic E-state index is 13.2. The number of nitrogens with zero attached hydrogens (tertiary/aromatic N) is 6. The van der Waals surface area contributed by atoms with Crippen molar-refractivity contribution in [1.82, 2.24) is 28.7 Å². The van der Waals surface area contributed by atoms with Crippen molar-refractivity contribution in [1.29, 1.82) is 0 Å². The number of nitrogen functional groups attached to an aromatic ring is 1. The van der Waals surface area contributed by atoms with Gasteiger partial charge in [-0.05, 0) is 6.92 Å². The SMILES string of the molecule is CCO/N=C(\C(=O)N[C@@H]1C(=O)N2C(C(=O)O)=C(C[n+]3cc4sccn4c3CNS(=O)(=O)O)CS[C@H]12)c1nsc(N)n1. The van der Waals surface area contributed by atoms with E-state index in [-0.39, 0.29) is 47.8 Å². The second-order valence-corrected chi connectivity index (χ2v) is 12.6. The fourth-order valence-corrected chi connectivity index (χ4v) is 7.16. The largest absolute Gasteiger partial charge is 0.477 e. The number of rotatable bonds is 11. The standard InChI is InChI=1S/C20H21N9O8S4/c1-2-37-25-12(15-24-20(21)40-26-15)16(30)23-13-17(31)29-14(19(32)33)9(8-39-18(13)29)6-27-7-11-28(3-4-38-11)10(27)5-22-41(34,35)36/h3-4,7,13,18,22H,2,5-6,8H2,1H3,(H4-,21,23,24,26,30,32,33,34,35,36)/p+1/b25-12-/t13-,18-/m1/s1. The number of aliphatic carboxylic acids is 1. The summed E-state index contributed by atoms with van der Waals surface area (Å²) >= 11 is 3.49. The van der Waals surface area contributed by atoms with E-state index in [4.69, 9.17) is 15.1 Å². The van der Waals surface area contributed by atoms with Gasteiger partial charge in [0, 0.05) is 28.2 Å². The molecular weight excluding hydrogens is 623 g/mol. The molecule has 1 fully saturated rings. The third kappa shape index (κ3) is 5.76. The first kappa shape index (κ1) is 28.9. The average molecular weight is 645 g/mol. The van der Waals surface area contributed by atoms with Crippen LogP contribution in [-0.2, 0) is 42.6 Å². The van der Waals surface area contributed by atoms with Crippen LogP contribution in [0.15, 0.2) is 34.2 Å². The molecule has 0 saturated carbocycles. The molecule has 3 aromatic heterocycles. The first-order chi connectivity index (χ1) is 19.5. The number of imidazole rings is 1. The zero-order valence-electron chi connectivity index (χ0n) is 21.0. The van der Waals surface area contributed by atoms with Crippen LogP contribution < -0.4 is 20.3 Å². The van der Waals surface area contributed by atoms with E-state index in [1.165, 1.54) is 23.1 Å². The van der Waals surface area contributed by atoms with Crippen LogP contribution in [0.1, 0.15) is 18.6 Å². The lowest BCUT2D eigenvalue weighted by molar-refractivity contribution is -0.695. The lowest BCUT2D eigenvalue weighted by Gasteiger charge is -2.49. The molecule has 2 amide bonds. The lowest BCUT2D eigenvalue weighted by Crippen LogP contribution is -2.71. The number of nitrogens with one attached hydrogen (secondary N) is 2. The number of carboxylic acids is 1. The van der Waals surface area contributed by atoms with E-state index in [0.717, 1.165) is 21.3 Å². The molecule has 0 aromatic carbocycles. The molecule has 218 valence electrons. The molecule has 0 aliphatic carbocycles. The summed E-state index contributed by atoms with van der Waals surface area (Å²) in [6.45, 7) is 1.58. The summed E-state index contributed by atoms with van der Waals surface area (Å²) in [6.07, 6.45) is 3.43. The van der Waals surface area contributed by atoms with Gasteiger partial charge in [0.1, 0.15) is 49.2 Å². The van der Waals surface area contributed by atoms with E-state index >= 15 is 0 Å². The van der Waals surface area contributed by atoms with Crippen molar-refractivity contribution in [2.45, 2.75) is 31.4 Å². The van der Waals surface area contributed by atoms with Gasteiger partial charge in [0.15, 0.2) is 5.13 Å². The number of thioether (sulfide) groups is 1. The van der Waals surface area contributed by atoms with Gasteiger partial charge in [-0.25, -0.2) is 9.36 Å². The number of fused-ring (bicyclic) bond motifs is 2. The Morgan fingerprint density at radius 1 is 1.39 bits per heavy atom. The number of carbonyl (C=O) groups is 3. The number of carbonyl (C=O) groups excluding carboxylic acids is 2. The Bertz CT molecular complexity index is 1710. The van der Waals surface area contributed by atoms with E-state index in [1.807, 2.05) is 4.72 Å². The highest BCUT2D eigenvalue weighted by molar-refractivity contribution is 8.00. The van der Waals surface area contributed by atoms with Crippen LogP contribution >= 0.6 is 34.6 Å². The number of oxime groups is 1. The molecule has 5 rings (SSSR count). The molecule has 21 heteroatoms. The average Bonchev–Trinajstić information content (AvgIpc) is 3.62. The van der Waals surface area contributed by atoms with Gasteiger partial charge in [0.05, 0.1) is 0 Å². The Hall–Kier alpha value is -3.63. The van der Waals surface area contributed by atoms with Crippen molar-refractivity contribution in [3.8, 4) is 0 Å². The molecule has 0 unspecified atom stereocenters. The third-order valence-electron chi connectivity index (χ3n) is 5.98. The highest BCUT2D eigenvalue weighted by Gasteiger charge is 2.54. The zero-order chi connectivity index (χ0) is 29.5. The lowest BCUT2D eigenvalue weighted by atomic mass is 10.0. The van der Waals surface area contributed by atoms with Gasteiger partial charge in [-0.15, -0.1) is 11.8 Å². The normalized spacial score (nSPS) is 19.3. The maximum Gasteiger partial charge on any atom is 0.352 e. The van der Waals surface area contributed by atoms with Crippen LogP contribution in [-0.4, -0.2) is 84.0 Å². The minimum Gasteiger partial charge on any atom is -0.477 e. The maximum absolute atomic E-state index is 13.2. The molecular formula is C20H22N9O8S4+. The summed E-state index contributed by atoms with van der Waals surface area (Å²) in [7, 11) is -4.49. The molecule has 0 spiro atoms. The molecule has 5 heterocycles. The molecule has 2 aliphatic rings. The molecule has 2 atom stereocenters. The van der Waals surface area contributed by atoms with Gasteiger partial charge in [-0.1, -0.05) is 16.5 Å². The monoisotopic (exact) mass is 644 g/mol. The number of anilines is 1. The number of aromatic nitrogens is 4. The van der Waals surface area contributed by atoms with Crippen LogP contribution in [0.25, 0.3) is 4.83 Å². The summed E-state index contributed by atoms with van der Waals surface area (Å²) in [5, 5.41) is 17.6. The topological polar surface area (TPSA) is 235 Å². The molecule has 17 nitrogen and oxygen atoms in total. The smallest absolute Gasteiger partial charge is 0.352 e. The van der Waals surface area contributed by atoms with Gasteiger partial charge in [0.2, 0.25) is 16.4 Å². The Balaban J connectivity index is 1.38. The van der Waals surface area contributed by atoms with Crippen molar-refractivity contribution in [2.75, 3.05) is 18.1 Å². The van der Waals surface area contributed by atoms with Crippen molar-refractivity contribution >= 4 is 78.4 Å². The summed E-state index contributed by atoms with van der Waals surface area (Å²) in [5.41, 5.74) is 5.51. The van der Waals surface area contributed by atoms with Crippen LogP contribution in [0.3, 0.4) is 0 Å². The number of β-lactam (4-membered cyclic amide) rings is 1. The number of thiazole rings is 1. The first-order valence-electron chi connectivity index (χ1n) is 11.7. The fourth-order valence-electron chi connectivity index (χ4n) is 4.29. The zero-order valence-corrected chi connectivity index (χ0v) is 24.2. The molecule has 41 heavy (non-hydrogen) atoms. The van der Waals surface area contributed by atoms with Crippen molar-refractivity contribution in [2.24, 2.45) is 5.16 Å². The minimum absolute atomic E-state index is 0.0289. The summed E-state index contributed by atoms with van der Waals surface area (Å²) < 4.78 is 41.1. The summed E-state index contributed by atoms with van der Waals surface area (Å²) in [6, 6.07) is -1.05. The Labute approximate surface area is 243 Å². The Morgan fingerprint density at radius 3 is 2.83 bits per heavy atom. The van der Waals surface area contributed by atoms with Gasteiger partial charge in [0.25, 0.3) is 17.6 Å². The van der Waals surface area contributed by atoms with Crippen molar-refractivity contribution < 1.29 is 41.9 Å². The van der Waals surface area contributed by atoms with Gasteiger partial charge in [-0.3, -0.25) is 19.0 Å². The second kappa shape index (κ2) is 11.3. The van der Waals surface area contributed by atoms with Crippen LogP contribution in [0, 0.1) is 0 Å². The van der Waals surface area contributed by atoms with E-state index in [9.17, 15) is 27.9 Å². The summed E-state index contributed by atoms with van der Waals surface area (Å²) in [4.78, 5) is 49.3. The first-order valence-corrected chi connectivity index (χ1v) is 15.8. The molecule has 0 radical (unpaired) electrons. The predicted octanol–water partition coefficient (Wildman–Crippen LogP) is -1.21. The van der Waals surface area contributed by atoms with E-state index in [0.29, 0.717) is 11.4 Å². The fraction of sp³-hybridized carbons (Fsp3) is 0.350. The highest BCUT2D eigenvalue weighted by atomic mass is 32.2. The second-order valence-electron chi connectivity index (χ2n) is 8.51. The van der Waals surface area contributed by atoms with Gasteiger partial charge >= 0.3 is 16.3 Å². The molecule has 1 saturated heterocycles. The summed E-state index contributed by atoms with van der Waals surface area (Å²) in [5.74, 6) is -2.20. The van der Waals surface area contributed by atoms with Crippen LogP contribution in [0.5, 0.6) is 0 Å². The number of hydrogen-bond acceptors (Lipinski definition) is 13. The third-order valence-corrected chi connectivity index (χ3v) is 9.17. The number of hydrogen-bond donors (Lipinski definition) is 5. The van der Waals surface area contributed by atoms with E-state index < -0.39 is 39.5 Å². The Morgan fingerprint density at radius 2 is 2.17 bits per heavy atom. The highest BCUT2D eigenvalue weighted by Crippen LogP contribution is 2.40. The van der Waals surface area contributed by atoms with E-state index in [1.54, 1.807) is 33.7 Å². The molecule has 2 aliphatic heterocycles. The molecule has 6 N–H and O–H groups in total. The van der Waals surface area contributed by atoms with Crippen molar-refractivity contribution in [3.05, 3.63) is 40.7 Å². The number of nitrogens with two attached hydrogens (primary N) is 1. The van der Waals surface area contributed by atoms with E-state index in [2.05, 4.69) is 19.8 Å². The van der Waals surface area contributed by atoms with Gasteiger partial charge < -0.3 is 21.0 Å². The van der Waals surface area contributed by atoms with Crippen LogP contribution in [0.2, 0.25) is 0 Å². The minimum atomic E-state index is -4.49. The Kier molecular flexibility index (Phi) is 7.98. The quantitative estimate of drug-likeness (QED) is 0.0544. The number of amides is 2. The number of carboxylic acid groups (broad SMARTS) is 1. The van der Waals surface area contributed by atoms with Gasteiger partial charge in [-0.2, -0.15) is 26.9 Å². The van der Waals surface area contributed by atoms with Crippen molar-refractivity contribution in [3.63, 3.8) is 0 Å². The predicted molar refractivity (Wildman–Crippen MR) is 146 cm³/mol. The molecule has 0 bridgehead atoms. The van der Waals surface area contributed by atoms with Crippen LogP contribution in [0.4, 0.5) is 5.13 Å². The molecule has 3 aromatic rings.